The molecule has 0 atom stereocenters. The number of fused-ring (bicyclic) bond motifs is 1. The van der Waals surface area contributed by atoms with Gasteiger partial charge in [0.25, 0.3) is 5.91 Å². The molecule has 4 rings (SSSR count). The third-order valence-electron chi connectivity index (χ3n) is 5.75. The van der Waals surface area contributed by atoms with Crippen LogP contribution in [0.3, 0.4) is 0 Å². The molecule has 0 saturated carbocycles. The highest BCUT2D eigenvalue weighted by atomic mass is 19.1. The Labute approximate surface area is 213 Å². The first-order valence-electron chi connectivity index (χ1n) is 11.6. The van der Waals surface area contributed by atoms with Crippen LogP contribution in [0.15, 0.2) is 72.9 Å². The number of benzene rings is 3. The topological polar surface area (TPSA) is 94.6 Å². The van der Waals surface area contributed by atoms with E-state index in [1.807, 2.05) is 30.3 Å². The lowest BCUT2D eigenvalue weighted by atomic mass is 10.0. The minimum atomic E-state index is -0.661. The fourth-order valence-corrected chi connectivity index (χ4v) is 3.97. The summed E-state index contributed by atoms with van der Waals surface area (Å²) in [5.41, 5.74) is 2.07. The van der Waals surface area contributed by atoms with E-state index in [0.717, 1.165) is 5.56 Å². The molecule has 0 bridgehead atoms. The second-order valence-electron chi connectivity index (χ2n) is 8.42. The van der Waals surface area contributed by atoms with E-state index >= 15 is 0 Å². The molecule has 0 spiro atoms. The SMILES string of the molecule is CNC(=O)c1cc2c(Oc3ccc(CC(=O)CC(=O)Cc4ccccc4)cc3F)ccnc2cc1OC. The van der Waals surface area contributed by atoms with Crippen LogP contribution in [0, 0.1) is 5.82 Å². The van der Waals surface area contributed by atoms with Crippen LogP contribution in [0.25, 0.3) is 10.9 Å². The van der Waals surface area contributed by atoms with Crippen LogP contribution in [0.2, 0.25) is 0 Å². The highest BCUT2D eigenvalue weighted by Gasteiger charge is 2.17. The zero-order valence-corrected chi connectivity index (χ0v) is 20.4. The van der Waals surface area contributed by atoms with Crippen molar-refractivity contribution in [3.05, 3.63) is 95.4 Å². The molecule has 0 aliphatic rings. The second-order valence-corrected chi connectivity index (χ2v) is 8.42. The van der Waals surface area contributed by atoms with Gasteiger partial charge in [0.05, 0.1) is 24.6 Å². The van der Waals surface area contributed by atoms with Crippen molar-refractivity contribution in [3.8, 4) is 17.2 Å². The first-order chi connectivity index (χ1) is 17.9. The number of nitrogens with zero attached hydrogens (tertiary/aromatic N) is 1. The Hall–Kier alpha value is -4.59. The fraction of sp³-hybridized carbons (Fsp3) is 0.172. The van der Waals surface area contributed by atoms with Gasteiger partial charge in [0, 0.05) is 37.5 Å². The van der Waals surface area contributed by atoms with E-state index in [4.69, 9.17) is 9.47 Å². The molecule has 7 nitrogen and oxygen atoms in total. The van der Waals surface area contributed by atoms with Gasteiger partial charge in [0.1, 0.15) is 23.1 Å². The van der Waals surface area contributed by atoms with E-state index in [1.165, 1.54) is 32.5 Å². The van der Waals surface area contributed by atoms with Crippen LogP contribution in [0.1, 0.15) is 27.9 Å². The van der Waals surface area contributed by atoms with Gasteiger partial charge in [-0.05, 0) is 35.4 Å². The van der Waals surface area contributed by atoms with Crippen molar-refractivity contribution in [2.75, 3.05) is 14.2 Å². The van der Waals surface area contributed by atoms with Crippen LogP contribution in [0.4, 0.5) is 4.39 Å². The van der Waals surface area contributed by atoms with Gasteiger partial charge in [-0.3, -0.25) is 19.4 Å². The van der Waals surface area contributed by atoms with Gasteiger partial charge in [-0.1, -0.05) is 36.4 Å². The molecule has 1 aromatic heterocycles. The van der Waals surface area contributed by atoms with Crippen molar-refractivity contribution in [1.82, 2.24) is 10.3 Å². The molecule has 0 radical (unpaired) electrons. The molecular weight excluding hydrogens is 475 g/mol. The molecule has 3 aromatic carbocycles. The lowest BCUT2D eigenvalue weighted by molar-refractivity contribution is -0.126. The predicted octanol–water partition coefficient (Wildman–Crippen LogP) is 4.85. The molecule has 0 aliphatic heterocycles. The summed E-state index contributed by atoms with van der Waals surface area (Å²) in [5, 5.41) is 3.05. The van der Waals surface area contributed by atoms with Crippen molar-refractivity contribution < 1.29 is 28.2 Å². The number of carbonyl (C=O) groups excluding carboxylic acids is 3. The summed E-state index contributed by atoms with van der Waals surface area (Å²) < 4.78 is 26.0. The number of methoxy groups -OCH3 is 1. The Morgan fingerprint density at radius 2 is 1.59 bits per heavy atom. The lowest BCUT2D eigenvalue weighted by Gasteiger charge is -2.13. The molecule has 8 heteroatoms. The van der Waals surface area contributed by atoms with E-state index < -0.39 is 5.82 Å². The monoisotopic (exact) mass is 500 g/mol. The second kappa shape index (κ2) is 11.4. The summed E-state index contributed by atoms with van der Waals surface area (Å²) in [7, 11) is 2.96. The molecule has 0 fully saturated rings. The normalized spacial score (nSPS) is 10.7. The number of rotatable bonds is 10. The smallest absolute Gasteiger partial charge is 0.254 e. The number of ether oxygens (including phenoxy) is 2. The van der Waals surface area contributed by atoms with E-state index in [-0.39, 0.29) is 48.0 Å². The number of Topliss-reactive ketones (excluding diaryl/α,β-unsaturated/α-hetero) is 2. The fourth-order valence-electron chi connectivity index (χ4n) is 3.97. The summed E-state index contributed by atoms with van der Waals surface area (Å²) in [6, 6.07) is 18.2. The van der Waals surface area contributed by atoms with Crippen LogP contribution in [-0.4, -0.2) is 36.6 Å². The van der Waals surface area contributed by atoms with Crippen molar-refractivity contribution in [1.29, 1.82) is 0 Å². The highest BCUT2D eigenvalue weighted by Crippen LogP contribution is 2.34. The van der Waals surface area contributed by atoms with Crippen molar-refractivity contribution >= 4 is 28.4 Å². The minimum absolute atomic E-state index is 0.0545. The van der Waals surface area contributed by atoms with Gasteiger partial charge in [0.15, 0.2) is 11.6 Å². The Morgan fingerprint density at radius 1 is 0.865 bits per heavy atom. The van der Waals surface area contributed by atoms with Crippen molar-refractivity contribution in [2.45, 2.75) is 19.3 Å². The minimum Gasteiger partial charge on any atom is -0.496 e. The zero-order valence-electron chi connectivity index (χ0n) is 20.4. The highest BCUT2D eigenvalue weighted by molar-refractivity contribution is 6.02. The largest absolute Gasteiger partial charge is 0.496 e. The van der Waals surface area contributed by atoms with E-state index in [2.05, 4.69) is 10.3 Å². The molecule has 1 heterocycles. The molecule has 188 valence electrons. The van der Waals surface area contributed by atoms with Crippen LogP contribution in [0.5, 0.6) is 17.2 Å². The summed E-state index contributed by atoms with van der Waals surface area (Å²) in [4.78, 5) is 41.2. The van der Waals surface area contributed by atoms with Gasteiger partial charge in [0.2, 0.25) is 0 Å². The Bertz CT molecular complexity index is 1470. The van der Waals surface area contributed by atoms with Crippen LogP contribution < -0.4 is 14.8 Å². The van der Waals surface area contributed by atoms with Crippen LogP contribution in [-0.2, 0) is 22.4 Å². The maximum Gasteiger partial charge on any atom is 0.254 e. The summed E-state index contributed by atoms with van der Waals surface area (Å²) >= 11 is 0. The molecule has 1 amide bonds. The summed E-state index contributed by atoms with van der Waals surface area (Å²) in [5.74, 6) is -0.896. The molecule has 0 aliphatic carbocycles. The Morgan fingerprint density at radius 3 is 2.27 bits per heavy atom. The first-order valence-corrected chi connectivity index (χ1v) is 11.6. The van der Waals surface area contributed by atoms with Crippen LogP contribution >= 0.6 is 0 Å². The molecule has 0 unspecified atom stereocenters. The molecule has 4 aromatic rings. The van der Waals surface area contributed by atoms with Gasteiger partial charge < -0.3 is 14.8 Å². The molecular formula is C29H25FN2O5. The summed E-state index contributed by atoms with van der Waals surface area (Å²) in [6.07, 6.45) is 1.41. The number of halogens is 1. The zero-order chi connectivity index (χ0) is 26.4. The van der Waals surface area contributed by atoms with E-state index in [9.17, 15) is 18.8 Å². The first kappa shape index (κ1) is 25.5. The predicted molar refractivity (Wildman–Crippen MR) is 137 cm³/mol. The quantitative estimate of drug-likeness (QED) is 0.313. The average molecular weight is 501 g/mol. The average Bonchev–Trinajstić information content (AvgIpc) is 2.89. The Balaban J connectivity index is 1.48. The van der Waals surface area contributed by atoms with Crippen molar-refractivity contribution in [3.63, 3.8) is 0 Å². The molecule has 0 saturated heterocycles. The number of pyridine rings is 1. The number of aromatic nitrogens is 1. The number of nitrogens with one attached hydrogen (secondary N) is 1. The third-order valence-corrected chi connectivity index (χ3v) is 5.75. The molecule has 1 N–H and O–H groups in total. The van der Waals surface area contributed by atoms with E-state index in [1.54, 1.807) is 24.3 Å². The number of ketones is 2. The number of hydrogen-bond acceptors (Lipinski definition) is 6. The lowest BCUT2D eigenvalue weighted by Crippen LogP contribution is -2.18. The van der Waals surface area contributed by atoms with Gasteiger partial charge >= 0.3 is 0 Å². The number of amides is 1. The van der Waals surface area contributed by atoms with Crippen molar-refractivity contribution in [2.24, 2.45) is 0 Å². The third kappa shape index (κ3) is 6.16. The van der Waals surface area contributed by atoms with Gasteiger partial charge in [-0.15, -0.1) is 0 Å². The Kier molecular flexibility index (Phi) is 7.88. The number of carbonyl (C=O) groups is 3. The summed E-state index contributed by atoms with van der Waals surface area (Å²) in [6.45, 7) is 0. The molecule has 37 heavy (non-hydrogen) atoms. The van der Waals surface area contributed by atoms with Gasteiger partial charge in [-0.2, -0.15) is 0 Å². The standard InChI is InChI=1S/C29H25FN2O5/c1-31-29(35)23-16-22-25(17-28(23)36-2)32-11-10-26(22)37-27-9-8-19(14-24(27)30)13-21(34)15-20(33)12-18-6-4-3-5-7-18/h3-11,14,16-17H,12-13,15H2,1-2H3,(H,31,35). The van der Waals surface area contributed by atoms with Gasteiger partial charge in [-0.25, -0.2) is 4.39 Å². The van der Waals surface area contributed by atoms with E-state index in [0.29, 0.717) is 28.0 Å². The number of hydrogen-bond donors (Lipinski definition) is 1. The maximum absolute atomic E-state index is 14.9. The maximum atomic E-state index is 14.9.